The number of rotatable bonds is 0. The van der Waals surface area contributed by atoms with Crippen LogP contribution in [-0.2, 0) is 22.2 Å². The van der Waals surface area contributed by atoms with Crippen LogP contribution in [0, 0.1) is 13.8 Å². The second kappa shape index (κ2) is 3.68. The van der Waals surface area contributed by atoms with Crippen LogP contribution in [0.15, 0.2) is 12.2 Å². The molecule has 4 atom stereocenters. The van der Waals surface area contributed by atoms with Gasteiger partial charge in [0, 0.05) is 11.1 Å². The van der Waals surface area contributed by atoms with E-state index >= 15 is 0 Å². The first-order valence-electron chi connectivity index (χ1n) is 9.41. The molecule has 0 aromatic heterocycles. The molecule has 4 aliphatic heterocycles. The predicted octanol–water partition coefficient (Wildman–Crippen LogP) is 4.42. The van der Waals surface area contributed by atoms with Crippen molar-refractivity contribution in [1.29, 1.82) is 0 Å². The summed E-state index contributed by atoms with van der Waals surface area (Å²) in [6.07, 6.45) is 7.45. The third-order valence-electron chi connectivity index (χ3n) is 8.79. The highest BCUT2D eigenvalue weighted by atomic mass is 15.3. The maximum atomic E-state index is 2.67. The Morgan fingerprint density at radius 1 is 0.667 bits per heavy atom. The molecule has 1 aromatic carbocycles. The van der Waals surface area contributed by atoms with Crippen LogP contribution in [0.3, 0.4) is 0 Å². The molecule has 1 aromatic rings. The largest absolute Gasteiger partial charge is 0.287 e. The average molecular weight is 322 g/mol. The first-order valence-corrected chi connectivity index (χ1v) is 9.41. The lowest BCUT2D eigenvalue weighted by Gasteiger charge is -2.34. The van der Waals surface area contributed by atoms with Crippen molar-refractivity contribution in [3.05, 3.63) is 45.5 Å². The molecular formula is C22H30N2. The van der Waals surface area contributed by atoms with Crippen molar-refractivity contribution in [3.8, 4) is 0 Å². The predicted molar refractivity (Wildman–Crippen MR) is 99.2 cm³/mol. The van der Waals surface area contributed by atoms with Gasteiger partial charge >= 0.3 is 0 Å². The van der Waals surface area contributed by atoms with Crippen LogP contribution in [-0.4, -0.2) is 23.9 Å². The number of benzene rings is 1. The Hall–Kier alpha value is -1.12. The molecule has 4 heterocycles. The van der Waals surface area contributed by atoms with Crippen molar-refractivity contribution in [1.82, 2.24) is 9.80 Å². The van der Waals surface area contributed by atoms with Gasteiger partial charge in [-0.15, -0.1) is 0 Å². The summed E-state index contributed by atoms with van der Waals surface area (Å²) in [7, 11) is 4.65. The second-order valence-corrected chi connectivity index (χ2v) is 9.54. The Morgan fingerprint density at radius 2 is 1.04 bits per heavy atom. The van der Waals surface area contributed by atoms with E-state index in [1.807, 2.05) is 0 Å². The molecule has 24 heavy (non-hydrogen) atoms. The lowest BCUT2D eigenvalue weighted by atomic mass is 9.68. The van der Waals surface area contributed by atoms with E-state index in [9.17, 15) is 0 Å². The topological polar surface area (TPSA) is 6.48 Å². The Bertz CT molecular complexity index is 785. The summed E-state index contributed by atoms with van der Waals surface area (Å²) in [5.41, 5.74) is 10.1. The van der Waals surface area contributed by atoms with Gasteiger partial charge in [-0.25, -0.2) is 0 Å². The zero-order valence-electron chi connectivity index (χ0n) is 16.5. The fraction of sp³-hybridized carbons (Fsp3) is 0.636. The molecule has 4 bridgehead atoms. The quantitative estimate of drug-likeness (QED) is 0.653. The van der Waals surface area contributed by atoms with Gasteiger partial charge in [0.2, 0.25) is 0 Å². The third kappa shape index (κ3) is 1.15. The minimum atomic E-state index is 0.0472. The van der Waals surface area contributed by atoms with E-state index < -0.39 is 0 Å². The van der Waals surface area contributed by atoms with E-state index in [0.717, 1.165) is 0 Å². The van der Waals surface area contributed by atoms with E-state index in [4.69, 9.17) is 0 Å². The molecule has 0 amide bonds. The smallest absolute Gasteiger partial charge is 0.0631 e. The zero-order valence-corrected chi connectivity index (χ0v) is 16.5. The molecule has 5 rings (SSSR count). The first-order chi connectivity index (χ1) is 11.0. The normalized spacial score (nSPS) is 45.3. The van der Waals surface area contributed by atoms with Gasteiger partial charge in [-0.05, 0) is 102 Å². The molecule has 128 valence electrons. The highest BCUT2D eigenvalue weighted by Gasteiger charge is 2.63. The average Bonchev–Trinajstić information content (AvgIpc) is 3.04. The van der Waals surface area contributed by atoms with Crippen LogP contribution < -0.4 is 0 Å². The van der Waals surface area contributed by atoms with Crippen LogP contribution in [0.1, 0.15) is 73.9 Å². The van der Waals surface area contributed by atoms with Gasteiger partial charge in [0.15, 0.2) is 0 Å². The van der Waals surface area contributed by atoms with Crippen molar-refractivity contribution >= 4 is 0 Å². The third-order valence-corrected chi connectivity index (χ3v) is 8.79. The summed E-state index contributed by atoms with van der Waals surface area (Å²) < 4.78 is 0. The summed E-state index contributed by atoms with van der Waals surface area (Å²) in [6.45, 7) is 14.6. The molecule has 0 spiro atoms. The van der Waals surface area contributed by atoms with E-state index in [0.29, 0.717) is 0 Å². The van der Waals surface area contributed by atoms with Crippen LogP contribution in [0.25, 0.3) is 0 Å². The zero-order chi connectivity index (χ0) is 17.4. The number of hydrogen-bond acceptors (Lipinski definition) is 2. The Kier molecular flexibility index (Phi) is 2.33. The molecular weight excluding hydrogens is 292 g/mol. The van der Waals surface area contributed by atoms with Crippen molar-refractivity contribution in [2.75, 3.05) is 14.1 Å². The summed E-state index contributed by atoms with van der Waals surface area (Å²) in [5, 5.41) is 0. The minimum absolute atomic E-state index is 0.0472. The van der Waals surface area contributed by atoms with Crippen LogP contribution >= 0.6 is 0 Å². The lowest BCUT2D eigenvalue weighted by Crippen LogP contribution is -2.39. The molecule has 4 aliphatic rings. The SMILES string of the molecule is Cc1c2c(c(C)c3c1[C@@]1(C)C=C[C@]3(C)N1C)[C@@]1(C)CC[C@]2(C)N1C. The van der Waals surface area contributed by atoms with Crippen molar-refractivity contribution in [2.24, 2.45) is 0 Å². The summed E-state index contributed by atoms with van der Waals surface area (Å²) in [4.78, 5) is 5.25. The first kappa shape index (κ1) is 15.2. The van der Waals surface area contributed by atoms with E-state index in [1.54, 1.807) is 33.4 Å². The number of hydrogen-bond donors (Lipinski definition) is 0. The highest BCUT2D eigenvalue weighted by molar-refractivity contribution is 5.68. The Balaban J connectivity index is 1.96. The molecule has 2 nitrogen and oxygen atoms in total. The van der Waals surface area contributed by atoms with Gasteiger partial charge < -0.3 is 0 Å². The fourth-order valence-electron chi connectivity index (χ4n) is 7.10. The maximum absolute atomic E-state index is 2.67. The fourth-order valence-corrected chi connectivity index (χ4v) is 7.10. The second-order valence-electron chi connectivity index (χ2n) is 9.54. The van der Waals surface area contributed by atoms with Crippen LogP contribution in [0.2, 0.25) is 0 Å². The van der Waals surface area contributed by atoms with Crippen molar-refractivity contribution < 1.29 is 0 Å². The van der Waals surface area contributed by atoms with E-state index in [2.05, 4.69) is 77.6 Å². The van der Waals surface area contributed by atoms with E-state index in [1.165, 1.54) is 12.8 Å². The Morgan fingerprint density at radius 3 is 1.42 bits per heavy atom. The number of nitrogens with zero attached hydrogens (tertiary/aromatic N) is 2. The number of fused-ring (bicyclic) bond motifs is 10. The molecule has 0 saturated carbocycles. The van der Waals surface area contributed by atoms with Gasteiger partial charge in [0.1, 0.15) is 0 Å². The van der Waals surface area contributed by atoms with E-state index in [-0.39, 0.29) is 22.2 Å². The summed E-state index contributed by atoms with van der Waals surface area (Å²) >= 11 is 0. The minimum Gasteiger partial charge on any atom is -0.287 e. The summed E-state index contributed by atoms with van der Waals surface area (Å²) in [5.74, 6) is 0. The van der Waals surface area contributed by atoms with Gasteiger partial charge in [-0.3, -0.25) is 9.80 Å². The van der Waals surface area contributed by atoms with Crippen LogP contribution in [0.4, 0.5) is 0 Å². The molecule has 0 N–H and O–H groups in total. The monoisotopic (exact) mass is 322 g/mol. The van der Waals surface area contributed by atoms with Gasteiger partial charge in [0.05, 0.1) is 11.1 Å². The van der Waals surface area contributed by atoms with Gasteiger partial charge in [0.25, 0.3) is 0 Å². The summed E-state index contributed by atoms with van der Waals surface area (Å²) in [6, 6.07) is 0. The van der Waals surface area contributed by atoms with Crippen molar-refractivity contribution in [3.63, 3.8) is 0 Å². The number of likely N-dealkylation sites (N-methyl/N-ethyl adjacent to an activating group) is 1. The highest BCUT2D eigenvalue weighted by Crippen LogP contribution is 2.66. The van der Waals surface area contributed by atoms with Gasteiger partial charge in [-0.1, -0.05) is 12.2 Å². The lowest BCUT2D eigenvalue weighted by molar-refractivity contribution is 0.118. The Labute approximate surface area is 146 Å². The molecule has 1 saturated heterocycles. The standard InChI is InChI=1S/C22H30N2/c1-13-15-17(21(5)11-9-19(15,3)23(21)7)14(2)18-16(13)20(4)10-12-22(18,6)24(20)8/h9,11H,10,12H2,1-8H3/t19-,20+,21+,22-. The van der Waals surface area contributed by atoms with Crippen LogP contribution in [0.5, 0.6) is 0 Å². The molecule has 1 fully saturated rings. The molecule has 0 aliphatic carbocycles. The van der Waals surface area contributed by atoms with Gasteiger partial charge in [-0.2, -0.15) is 0 Å². The molecule has 0 unspecified atom stereocenters. The molecule has 0 radical (unpaired) electrons. The molecule has 2 heteroatoms. The maximum Gasteiger partial charge on any atom is 0.0631 e. The van der Waals surface area contributed by atoms with Crippen molar-refractivity contribution in [2.45, 2.75) is 76.5 Å².